The van der Waals surface area contributed by atoms with Crippen LogP contribution < -0.4 is 48.7 Å². The van der Waals surface area contributed by atoms with Crippen molar-refractivity contribution < 1.29 is 63.2 Å². The van der Waals surface area contributed by atoms with Crippen molar-refractivity contribution in [3.63, 3.8) is 0 Å². The van der Waals surface area contributed by atoms with Gasteiger partial charge in [-0.2, -0.15) is 0 Å². The molecular weight excluding hydrogens is 961 g/mol. The first-order chi connectivity index (χ1) is 35.0. The number of phenols is 1. The van der Waals surface area contributed by atoms with Crippen molar-refractivity contribution in [1.82, 2.24) is 37.2 Å². The number of aromatic hydroxyl groups is 1. The van der Waals surface area contributed by atoms with Gasteiger partial charge in [0.15, 0.2) is 5.96 Å². The predicted molar refractivity (Wildman–Crippen MR) is 272 cm³/mol. The zero-order chi connectivity index (χ0) is 55.1. The third kappa shape index (κ3) is 20.6. The van der Waals surface area contributed by atoms with Crippen molar-refractivity contribution in [1.29, 1.82) is 0 Å². The van der Waals surface area contributed by atoms with E-state index in [9.17, 15) is 58.5 Å². The van der Waals surface area contributed by atoms with E-state index in [2.05, 4.69) is 42.2 Å². The Labute approximate surface area is 429 Å². The number of hydrogen-bond donors (Lipinski definition) is 12. The molecule has 9 atom stereocenters. The summed E-state index contributed by atoms with van der Waals surface area (Å²) < 4.78 is 5.82. The second-order valence-corrected chi connectivity index (χ2v) is 17.9. The number of nitrogens with two attached hydrogens (primary N) is 2. The molecule has 0 aromatic heterocycles. The molecule has 3 rings (SSSR count). The molecule has 0 spiro atoms. The molecule has 1 aliphatic rings. The lowest BCUT2D eigenvalue weighted by Crippen LogP contribution is -2.57. The number of allylic oxidation sites excluding steroid dienone is 3. The Morgan fingerprint density at radius 1 is 0.797 bits per heavy atom. The fourth-order valence-corrected chi connectivity index (χ4v) is 7.64. The number of carboxylic acids is 2. The number of phenolic OH excluding ortho intramolecular Hbond substituents is 1. The Kier molecular flexibility index (Phi) is 24.5. The van der Waals surface area contributed by atoms with E-state index >= 15 is 0 Å². The molecule has 0 aliphatic carbocycles. The minimum atomic E-state index is -1.92. The summed E-state index contributed by atoms with van der Waals surface area (Å²) in [5, 5.41) is 47.6. The lowest BCUT2D eigenvalue weighted by molar-refractivity contribution is -0.144. The molecule has 0 radical (unpaired) electrons. The number of guanidine groups is 1. The standard InChI is InChI=1S/C51H70N10O13/c1-7-35-46(67)55-31(5)45(66)59-37(14-11-23-54-51(52)53)47(68)61-40(50(72)73)27-43(64)57-39(25-33-16-18-34(62)19-17-33)48(69)58-36(30(4)44(65)60-38(49(70)71)21-22-42(63)56-35)20-15-28(2)24-29(3)41(74-6)26-32-12-9-8-10-13-32/h7-10,12-13,15-20,24,29-31,36-41,62H,11,14,21-23,25-27H2,1-6H3,(H,55,67)(H,56,63)(H,57,64)(H,58,69)(H,59,66)(H,60,65)(H,61,68)(H,70,71)(H,72,73)(H4,52,53,54)/b20-15+,28-24+,35-7?/t29-,30-,31+,36-,37-,38+,39-,40+,41-/m0/s1. The Balaban J connectivity index is 2.12. The Hall–Kier alpha value is -8.08. The largest absolute Gasteiger partial charge is 0.508 e. The van der Waals surface area contributed by atoms with Gasteiger partial charge in [-0.05, 0) is 69.7 Å². The van der Waals surface area contributed by atoms with Gasteiger partial charge in [0, 0.05) is 32.4 Å². The summed E-state index contributed by atoms with van der Waals surface area (Å²) in [6, 6.07) is 6.31. The van der Waals surface area contributed by atoms with Gasteiger partial charge in [-0.1, -0.05) is 86.2 Å². The molecule has 23 nitrogen and oxygen atoms in total. The molecule has 1 saturated heterocycles. The number of carbonyl (C=O) groups excluding carboxylic acids is 7. The Morgan fingerprint density at radius 3 is 2.04 bits per heavy atom. The van der Waals surface area contributed by atoms with Gasteiger partial charge in [0.2, 0.25) is 35.4 Å². The number of carboxylic acid groups (broad SMARTS) is 2. The molecule has 402 valence electrons. The van der Waals surface area contributed by atoms with Gasteiger partial charge < -0.3 is 68.7 Å². The third-order valence-electron chi connectivity index (χ3n) is 12.0. The number of nitrogens with one attached hydrogen (secondary N) is 7. The first-order valence-electron chi connectivity index (χ1n) is 24.0. The minimum absolute atomic E-state index is 0.000245. The molecule has 2 aromatic rings. The van der Waals surface area contributed by atoms with Crippen molar-refractivity contribution >= 4 is 59.2 Å². The highest BCUT2D eigenvalue weighted by molar-refractivity contribution is 6.00. The first kappa shape index (κ1) is 60.2. The van der Waals surface area contributed by atoms with Crippen molar-refractivity contribution in [3.8, 4) is 5.75 Å². The Morgan fingerprint density at radius 2 is 1.43 bits per heavy atom. The molecule has 1 fully saturated rings. The molecule has 74 heavy (non-hydrogen) atoms. The number of nitrogens with zero attached hydrogens (tertiary/aromatic N) is 1. The van der Waals surface area contributed by atoms with E-state index < -0.39 is 115 Å². The number of carbonyl (C=O) groups is 9. The van der Waals surface area contributed by atoms with Crippen LogP contribution in [0.4, 0.5) is 0 Å². The fourth-order valence-electron chi connectivity index (χ4n) is 7.64. The number of aliphatic carboxylic acids is 2. The van der Waals surface area contributed by atoms with Crippen LogP contribution in [0.2, 0.25) is 0 Å². The highest BCUT2D eigenvalue weighted by atomic mass is 16.5. The smallest absolute Gasteiger partial charge is 0.326 e. The van der Waals surface area contributed by atoms with Gasteiger partial charge in [0.25, 0.3) is 5.91 Å². The van der Waals surface area contributed by atoms with E-state index in [1.807, 2.05) is 43.3 Å². The van der Waals surface area contributed by atoms with Gasteiger partial charge in [0.05, 0.1) is 24.5 Å². The van der Waals surface area contributed by atoms with Gasteiger partial charge in [-0.15, -0.1) is 0 Å². The second kappa shape index (κ2) is 30.1. The number of aliphatic imine (C=N–C) groups is 1. The number of amides is 7. The molecule has 14 N–H and O–H groups in total. The summed E-state index contributed by atoms with van der Waals surface area (Å²) in [7, 11) is 1.60. The first-order valence-corrected chi connectivity index (χ1v) is 24.0. The molecule has 0 unspecified atom stereocenters. The molecule has 2 aromatic carbocycles. The number of ether oxygens (including phenoxy) is 1. The molecule has 0 bridgehead atoms. The van der Waals surface area contributed by atoms with E-state index in [0.29, 0.717) is 17.6 Å². The molecule has 1 aliphatic heterocycles. The number of hydrogen-bond acceptors (Lipinski definition) is 12. The SMILES string of the molecule is CC=C1NC(=O)CC[C@H](C(=O)O)NC(=O)[C@@H](C)[C@H](/C=C/C(C)=C/[C@H](C)[C@H](Cc2ccccc2)OC)NC(=O)[C@H](Cc2ccc(O)cc2)NC(=O)C[C@H](C(=O)O)NC(=O)[C@H](CCCN=C(N)N)NC(=O)[C@@H](C)NC1=O. The maximum atomic E-state index is 14.5. The van der Waals surface area contributed by atoms with Crippen LogP contribution in [0.3, 0.4) is 0 Å². The van der Waals surface area contributed by atoms with Gasteiger partial charge in [-0.3, -0.25) is 38.6 Å². The summed E-state index contributed by atoms with van der Waals surface area (Å²) >= 11 is 0. The quantitative estimate of drug-likeness (QED) is 0.0376. The third-order valence-corrected chi connectivity index (χ3v) is 12.0. The van der Waals surface area contributed by atoms with Crippen LogP contribution in [0.15, 0.2) is 95.2 Å². The normalized spacial score (nSPS) is 24.0. The van der Waals surface area contributed by atoms with Crippen LogP contribution in [0.1, 0.15) is 77.8 Å². The average molecular weight is 1030 g/mol. The summed E-state index contributed by atoms with van der Waals surface area (Å²) in [6.07, 6.45) is 4.53. The van der Waals surface area contributed by atoms with Crippen molar-refractivity contribution in [2.45, 2.75) is 122 Å². The van der Waals surface area contributed by atoms with Crippen LogP contribution in [0, 0.1) is 11.8 Å². The summed E-state index contributed by atoms with van der Waals surface area (Å²) in [6.45, 7) is 7.85. The van der Waals surface area contributed by atoms with Crippen LogP contribution in [0.25, 0.3) is 0 Å². The minimum Gasteiger partial charge on any atom is -0.508 e. The maximum absolute atomic E-state index is 14.5. The zero-order valence-electron chi connectivity index (χ0n) is 42.4. The van der Waals surface area contributed by atoms with Crippen LogP contribution in [-0.2, 0) is 60.7 Å². The van der Waals surface area contributed by atoms with E-state index in [1.54, 1.807) is 20.1 Å². The van der Waals surface area contributed by atoms with Crippen molar-refractivity contribution in [3.05, 3.63) is 101 Å². The summed E-state index contributed by atoms with van der Waals surface area (Å²) in [4.78, 5) is 125. The van der Waals surface area contributed by atoms with E-state index in [-0.39, 0.29) is 55.2 Å². The van der Waals surface area contributed by atoms with Gasteiger partial charge in [-0.25, -0.2) is 9.59 Å². The lowest BCUT2D eigenvalue weighted by Gasteiger charge is -2.27. The number of benzene rings is 2. The fraction of sp³-hybridized carbons (Fsp3) is 0.451. The predicted octanol–water partition coefficient (Wildman–Crippen LogP) is 0.323. The van der Waals surface area contributed by atoms with Crippen molar-refractivity contribution in [2.24, 2.45) is 28.3 Å². The van der Waals surface area contributed by atoms with Gasteiger partial charge in [0.1, 0.15) is 41.7 Å². The van der Waals surface area contributed by atoms with Gasteiger partial charge >= 0.3 is 11.9 Å². The maximum Gasteiger partial charge on any atom is 0.326 e. The molecule has 0 saturated carbocycles. The van der Waals surface area contributed by atoms with Crippen LogP contribution in [0.5, 0.6) is 5.75 Å². The molecule has 23 heteroatoms. The molecule has 7 amide bonds. The molecule has 1 heterocycles. The Bertz CT molecular complexity index is 2420. The highest BCUT2D eigenvalue weighted by Crippen LogP contribution is 2.19. The highest BCUT2D eigenvalue weighted by Gasteiger charge is 2.34. The monoisotopic (exact) mass is 1030 g/mol. The topological polar surface area (TPSA) is 372 Å². The lowest BCUT2D eigenvalue weighted by atomic mass is 9.94. The van der Waals surface area contributed by atoms with E-state index in [0.717, 1.165) is 5.56 Å². The van der Waals surface area contributed by atoms with E-state index in [1.165, 1.54) is 57.2 Å². The molecular formula is C51H70N10O13. The zero-order valence-corrected chi connectivity index (χ0v) is 42.4. The number of methoxy groups -OCH3 is 1. The summed E-state index contributed by atoms with van der Waals surface area (Å²) in [5.74, 6) is -11.3. The average Bonchev–Trinajstić information content (AvgIpc) is 3.35. The van der Waals surface area contributed by atoms with Crippen LogP contribution >= 0.6 is 0 Å². The summed E-state index contributed by atoms with van der Waals surface area (Å²) in [5.41, 5.74) is 12.7. The number of rotatable bonds is 15. The van der Waals surface area contributed by atoms with Crippen LogP contribution in [-0.4, -0.2) is 131 Å². The van der Waals surface area contributed by atoms with Crippen molar-refractivity contribution in [2.75, 3.05) is 13.7 Å². The second-order valence-electron chi connectivity index (χ2n) is 17.9. The van der Waals surface area contributed by atoms with E-state index in [4.69, 9.17) is 16.2 Å².